The molecular weight excluding hydrogens is 520 g/mol. The van der Waals surface area contributed by atoms with Crippen LogP contribution in [0.2, 0.25) is 5.02 Å². The molecule has 3 N–H and O–H groups in total. The smallest absolute Gasteiger partial charge is 0.275 e. The second kappa shape index (κ2) is 11.6. The predicted molar refractivity (Wildman–Crippen MR) is 145 cm³/mol. The minimum atomic E-state index is -0.773. The van der Waals surface area contributed by atoms with Crippen LogP contribution in [0.1, 0.15) is 67.8 Å². The molecule has 0 spiro atoms. The van der Waals surface area contributed by atoms with Crippen LogP contribution in [0, 0.1) is 23.7 Å². The molecule has 39 heavy (non-hydrogen) atoms. The van der Waals surface area contributed by atoms with Gasteiger partial charge in [0.15, 0.2) is 6.10 Å². The molecule has 4 rings (SSSR count). The van der Waals surface area contributed by atoms with Crippen LogP contribution in [0.15, 0.2) is 36.4 Å². The average Bonchev–Trinajstić information content (AvgIpc) is 3.37. The van der Waals surface area contributed by atoms with Gasteiger partial charge in [0.2, 0.25) is 5.91 Å². The van der Waals surface area contributed by atoms with Gasteiger partial charge >= 0.3 is 0 Å². The van der Waals surface area contributed by atoms with Gasteiger partial charge < -0.3 is 15.0 Å². The number of pyridine rings is 1. The number of nitrogens with one attached hydrogen (secondary N) is 3. The molecular formula is C28H33ClN6O4. The van der Waals surface area contributed by atoms with Gasteiger partial charge in [-0.3, -0.25) is 19.8 Å². The Morgan fingerprint density at radius 3 is 2.74 bits per heavy atom. The first kappa shape index (κ1) is 28.3. The van der Waals surface area contributed by atoms with Crippen LogP contribution in [0.4, 0.5) is 0 Å². The molecule has 0 saturated carbocycles. The van der Waals surface area contributed by atoms with E-state index >= 15 is 0 Å². The van der Waals surface area contributed by atoms with Crippen molar-refractivity contribution in [1.82, 2.24) is 26.1 Å². The van der Waals surface area contributed by atoms with Gasteiger partial charge in [-0.25, -0.2) is 10.4 Å². The van der Waals surface area contributed by atoms with Crippen LogP contribution in [0.25, 0.3) is 0 Å². The highest BCUT2D eigenvalue weighted by molar-refractivity contribution is 6.30. The fraction of sp³-hybridized carbons (Fsp3) is 0.464. The van der Waals surface area contributed by atoms with Gasteiger partial charge in [0.1, 0.15) is 11.4 Å². The van der Waals surface area contributed by atoms with E-state index in [1.807, 2.05) is 39.0 Å². The zero-order chi connectivity index (χ0) is 28.3. The number of carbonyl (C=O) groups excluding carboxylic acids is 3. The van der Waals surface area contributed by atoms with Crippen LogP contribution in [0.3, 0.4) is 0 Å². The lowest BCUT2D eigenvalue weighted by Crippen LogP contribution is -2.56. The summed E-state index contributed by atoms with van der Waals surface area (Å²) in [5.74, 6) is -0.675. The third-order valence-corrected chi connectivity index (χ3v) is 7.50. The SMILES string of the molecule is Cc1nc(C(=O)NCC(=O)N2[C@H](c3cccc(Cl)c3)CC[C@@H]2C(C)(C)C#N)ccc1OC1CC(C)NNC1=O. The van der Waals surface area contributed by atoms with E-state index in [-0.39, 0.29) is 42.2 Å². The van der Waals surface area contributed by atoms with Crippen molar-refractivity contribution in [2.75, 3.05) is 6.54 Å². The number of halogens is 1. The summed E-state index contributed by atoms with van der Waals surface area (Å²) in [5, 5.41) is 13.0. The monoisotopic (exact) mass is 552 g/mol. The number of ether oxygens (including phenoxy) is 1. The fourth-order valence-electron chi connectivity index (χ4n) is 5.14. The maximum absolute atomic E-state index is 13.5. The van der Waals surface area contributed by atoms with E-state index in [4.69, 9.17) is 16.3 Å². The number of rotatable bonds is 7. The van der Waals surface area contributed by atoms with Gasteiger partial charge in [-0.15, -0.1) is 0 Å². The predicted octanol–water partition coefficient (Wildman–Crippen LogP) is 3.22. The summed E-state index contributed by atoms with van der Waals surface area (Å²) >= 11 is 6.22. The van der Waals surface area contributed by atoms with Crippen molar-refractivity contribution >= 4 is 29.3 Å². The minimum Gasteiger partial charge on any atom is -0.479 e. The highest BCUT2D eigenvalue weighted by Crippen LogP contribution is 2.43. The van der Waals surface area contributed by atoms with Gasteiger partial charge in [-0.2, -0.15) is 5.26 Å². The molecule has 0 aliphatic carbocycles. The van der Waals surface area contributed by atoms with Gasteiger partial charge in [0, 0.05) is 17.5 Å². The lowest BCUT2D eigenvalue weighted by Gasteiger charge is -2.36. The maximum atomic E-state index is 13.5. The Kier molecular flexibility index (Phi) is 8.42. The van der Waals surface area contributed by atoms with Crippen LogP contribution in [-0.4, -0.2) is 52.3 Å². The number of likely N-dealkylation sites (tertiary alicyclic amines) is 1. The lowest BCUT2D eigenvalue weighted by molar-refractivity contribution is -0.135. The molecule has 1 aromatic heterocycles. The largest absolute Gasteiger partial charge is 0.479 e. The molecule has 2 aliphatic rings. The summed E-state index contributed by atoms with van der Waals surface area (Å²) in [6, 6.07) is 12.3. The summed E-state index contributed by atoms with van der Waals surface area (Å²) in [6.07, 6.45) is 1.17. The Balaban J connectivity index is 1.45. The molecule has 2 saturated heterocycles. The standard InChI is InChI=1S/C28H33ClN6O4/c1-16-12-23(27(38)34-33-16)39-22-10-8-20(32-17(22)2)26(37)31-14-25(36)35-21(18-6-5-7-19(29)13-18)9-11-24(35)28(3,4)15-30/h5-8,10,13,16,21,23-24,33H,9,11-12,14H2,1-4H3,(H,31,37)(H,34,38)/t16?,21-,23?,24+/m0/s1. The number of aryl methyl sites for hydroxylation is 1. The molecule has 4 atom stereocenters. The number of hydrogen-bond donors (Lipinski definition) is 3. The maximum Gasteiger partial charge on any atom is 0.275 e. The molecule has 0 radical (unpaired) electrons. The van der Waals surface area contributed by atoms with Crippen molar-refractivity contribution in [3.8, 4) is 11.8 Å². The van der Waals surface area contributed by atoms with Gasteiger partial charge in [-0.05, 0) is 70.4 Å². The highest BCUT2D eigenvalue weighted by Gasteiger charge is 2.45. The first-order valence-electron chi connectivity index (χ1n) is 13.0. The van der Waals surface area contributed by atoms with Crippen molar-refractivity contribution < 1.29 is 19.1 Å². The van der Waals surface area contributed by atoms with E-state index in [9.17, 15) is 19.6 Å². The molecule has 2 aliphatic heterocycles. The third-order valence-electron chi connectivity index (χ3n) is 7.27. The third kappa shape index (κ3) is 6.32. The second-order valence-corrected chi connectivity index (χ2v) is 11.1. The van der Waals surface area contributed by atoms with Crippen molar-refractivity contribution in [2.45, 2.75) is 71.2 Å². The molecule has 0 bridgehead atoms. The summed E-state index contributed by atoms with van der Waals surface area (Å²) < 4.78 is 5.84. The van der Waals surface area contributed by atoms with Gasteiger partial charge in [-0.1, -0.05) is 23.7 Å². The van der Waals surface area contributed by atoms with Gasteiger partial charge in [0.05, 0.1) is 35.8 Å². The Morgan fingerprint density at radius 2 is 2.05 bits per heavy atom. The van der Waals surface area contributed by atoms with Crippen LogP contribution in [-0.2, 0) is 9.59 Å². The first-order valence-corrected chi connectivity index (χ1v) is 13.3. The molecule has 11 heteroatoms. The zero-order valence-corrected chi connectivity index (χ0v) is 23.2. The highest BCUT2D eigenvalue weighted by atomic mass is 35.5. The second-order valence-electron chi connectivity index (χ2n) is 10.6. The number of hydrazine groups is 1. The molecule has 206 valence electrons. The summed E-state index contributed by atoms with van der Waals surface area (Å²) in [7, 11) is 0. The molecule has 3 heterocycles. The normalized spacial score (nSPS) is 23.1. The van der Waals surface area contributed by atoms with Crippen molar-refractivity contribution in [2.24, 2.45) is 5.41 Å². The lowest BCUT2D eigenvalue weighted by atomic mass is 9.84. The zero-order valence-electron chi connectivity index (χ0n) is 22.5. The van der Waals surface area contributed by atoms with E-state index in [0.29, 0.717) is 35.7 Å². The number of aromatic nitrogens is 1. The van der Waals surface area contributed by atoms with Crippen LogP contribution >= 0.6 is 11.6 Å². The number of nitriles is 1. The van der Waals surface area contributed by atoms with E-state index in [1.54, 1.807) is 24.0 Å². The number of nitrogens with zero attached hydrogens (tertiary/aromatic N) is 3. The summed E-state index contributed by atoms with van der Waals surface area (Å²) in [5.41, 5.74) is 6.12. The number of carbonyl (C=O) groups is 3. The molecule has 1 aromatic carbocycles. The molecule has 2 aromatic rings. The number of hydrogen-bond acceptors (Lipinski definition) is 7. The summed E-state index contributed by atoms with van der Waals surface area (Å²) in [6.45, 7) is 7.01. The first-order chi connectivity index (χ1) is 18.5. The Bertz CT molecular complexity index is 1310. The summed E-state index contributed by atoms with van der Waals surface area (Å²) in [4.78, 5) is 44.6. The number of amides is 3. The Labute approximate surface area is 233 Å². The molecule has 10 nitrogen and oxygen atoms in total. The van der Waals surface area contributed by atoms with Crippen molar-refractivity contribution in [3.05, 3.63) is 58.4 Å². The molecule has 3 amide bonds. The van der Waals surface area contributed by atoms with Crippen molar-refractivity contribution in [1.29, 1.82) is 5.26 Å². The van der Waals surface area contributed by atoms with E-state index in [1.165, 1.54) is 6.07 Å². The van der Waals surface area contributed by atoms with Crippen LogP contribution in [0.5, 0.6) is 5.75 Å². The van der Waals surface area contributed by atoms with E-state index in [2.05, 4.69) is 27.2 Å². The van der Waals surface area contributed by atoms with Gasteiger partial charge in [0.25, 0.3) is 11.8 Å². The van der Waals surface area contributed by atoms with E-state index < -0.39 is 17.4 Å². The fourth-order valence-corrected chi connectivity index (χ4v) is 5.34. The van der Waals surface area contributed by atoms with Crippen molar-refractivity contribution in [3.63, 3.8) is 0 Å². The molecule has 2 fully saturated rings. The van der Waals surface area contributed by atoms with Crippen LogP contribution < -0.4 is 20.9 Å². The Hall–Kier alpha value is -3.68. The topological polar surface area (TPSA) is 136 Å². The average molecular weight is 553 g/mol. The van der Waals surface area contributed by atoms with E-state index in [0.717, 1.165) is 5.56 Å². The quantitative estimate of drug-likeness (QED) is 0.479. The Morgan fingerprint density at radius 1 is 1.28 bits per heavy atom. The number of benzene rings is 1. The molecule has 2 unspecified atom stereocenters. The minimum absolute atomic E-state index is 0.0518.